The third-order valence-corrected chi connectivity index (χ3v) is 6.27. The van der Waals surface area contributed by atoms with Crippen LogP contribution in [0.1, 0.15) is 32.6 Å². The minimum atomic E-state index is -0.250. The molecule has 3 fully saturated rings. The van der Waals surface area contributed by atoms with Gasteiger partial charge in [-0.3, -0.25) is 23.9 Å². The van der Waals surface area contributed by atoms with E-state index >= 15 is 0 Å². The van der Waals surface area contributed by atoms with Gasteiger partial charge in [0, 0.05) is 51.4 Å². The molecule has 0 saturated carbocycles. The van der Waals surface area contributed by atoms with E-state index < -0.39 is 0 Å². The molecule has 10 heteroatoms. The summed E-state index contributed by atoms with van der Waals surface area (Å²) in [5.74, 6) is 0.717. The van der Waals surface area contributed by atoms with Crippen molar-refractivity contribution < 1.29 is 24.3 Å². The molecule has 0 spiro atoms. The minimum Gasteiger partial charge on any atom is -0.483 e. The lowest BCUT2D eigenvalue weighted by Gasteiger charge is -2.56. The topological polar surface area (TPSA) is 125 Å². The first-order valence-corrected chi connectivity index (χ1v) is 10.3. The first-order chi connectivity index (χ1) is 14.4. The van der Waals surface area contributed by atoms with Crippen LogP contribution in [0.15, 0.2) is 18.5 Å². The molecule has 1 aromatic heterocycles. The van der Waals surface area contributed by atoms with E-state index in [1.807, 2.05) is 15.9 Å². The molecule has 4 heterocycles. The standard InChI is InChI=1S/C19H27N5O3.CH2O2/c1-13(25)20-9-17-15-8-14(16-4-2-5-18(26)24(16)17)10-22(11-15)19(27)12-23-7-3-6-21-23;2-1-3/h3,6-7,14-17H,2,4-5,8-12H2,1H3,(H,20,25);1H,(H,2,3)/t14-,15+,16+,17+;/m1./s1. The van der Waals surface area contributed by atoms with Crippen molar-refractivity contribution in [3.8, 4) is 0 Å². The average Bonchev–Trinajstić information content (AvgIpc) is 3.21. The fourth-order valence-electron chi connectivity index (χ4n) is 5.12. The van der Waals surface area contributed by atoms with Crippen molar-refractivity contribution in [3.63, 3.8) is 0 Å². The molecule has 2 N–H and O–H groups in total. The van der Waals surface area contributed by atoms with Crippen molar-refractivity contribution in [2.45, 2.75) is 51.2 Å². The zero-order valence-corrected chi connectivity index (χ0v) is 17.1. The molecular formula is C20H29N5O5. The number of likely N-dealkylation sites (tertiary alicyclic amines) is 1. The summed E-state index contributed by atoms with van der Waals surface area (Å²) in [5, 5.41) is 13.9. The van der Waals surface area contributed by atoms with Gasteiger partial charge in [-0.15, -0.1) is 0 Å². The maximum Gasteiger partial charge on any atom is 0.290 e. The highest BCUT2D eigenvalue weighted by Gasteiger charge is 2.49. The van der Waals surface area contributed by atoms with E-state index in [1.54, 1.807) is 17.1 Å². The zero-order valence-electron chi connectivity index (χ0n) is 17.1. The molecule has 3 saturated heterocycles. The molecule has 4 atom stereocenters. The van der Waals surface area contributed by atoms with E-state index in [4.69, 9.17) is 9.90 Å². The molecule has 0 unspecified atom stereocenters. The molecule has 164 valence electrons. The van der Waals surface area contributed by atoms with Crippen molar-refractivity contribution in [3.05, 3.63) is 18.5 Å². The normalized spacial score (nSPS) is 27.4. The largest absolute Gasteiger partial charge is 0.483 e. The SMILES string of the molecule is CC(=O)NC[C@H]1[C@H]2C[C@H](CN(C(=O)Cn3cccn3)C2)[C@@H]2CCCC(=O)N21.O=CO. The molecule has 0 aromatic carbocycles. The van der Waals surface area contributed by atoms with Gasteiger partial charge in [0.2, 0.25) is 17.7 Å². The number of nitrogens with zero attached hydrogens (tertiary/aromatic N) is 4. The van der Waals surface area contributed by atoms with Crippen molar-refractivity contribution in [2.24, 2.45) is 11.8 Å². The summed E-state index contributed by atoms with van der Waals surface area (Å²) in [4.78, 5) is 49.3. The molecule has 3 aliphatic heterocycles. The number of amides is 3. The Balaban J connectivity index is 0.000000806. The highest BCUT2D eigenvalue weighted by Crippen LogP contribution is 2.41. The number of piperidine rings is 3. The van der Waals surface area contributed by atoms with Crippen LogP contribution in [-0.2, 0) is 25.7 Å². The van der Waals surface area contributed by atoms with Gasteiger partial charge < -0.3 is 20.2 Å². The summed E-state index contributed by atoms with van der Waals surface area (Å²) in [6.07, 6.45) is 6.98. The molecule has 4 rings (SSSR count). The number of carbonyl (C=O) groups is 4. The Labute approximate surface area is 175 Å². The van der Waals surface area contributed by atoms with Gasteiger partial charge in [-0.25, -0.2) is 0 Å². The van der Waals surface area contributed by atoms with E-state index in [2.05, 4.69) is 10.4 Å². The predicted octanol–water partition coefficient (Wildman–Crippen LogP) is -0.0520. The molecule has 30 heavy (non-hydrogen) atoms. The highest BCUT2D eigenvalue weighted by atomic mass is 16.3. The highest BCUT2D eigenvalue weighted by molar-refractivity contribution is 5.79. The molecule has 0 aliphatic carbocycles. The van der Waals surface area contributed by atoms with Crippen LogP contribution in [0.25, 0.3) is 0 Å². The van der Waals surface area contributed by atoms with Crippen molar-refractivity contribution in [1.82, 2.24) is 24.9 Å². The maximum absolute atomic E-state index is 12.8. The summed E-state index contributed by atoms with van der Waals surface area (Å²) in [6, 6.07) is 1.97. The number of hydrogen-bond donors (Lipinski definition) is 2. The van der Waals surface area contributed by atoms with E-state index in [-0.39, 0.29) is 48.7 Å². The monoisotopic (exact) mass is 419 g/mol. The minimum absolute atomic E-state index is 0.0248. The summed E-state index contributed by atoms with van der Waals surface area (Å²) >= 11 is 0. The van der Waals surface area contributed by atoms with Crippen LogP contribution in [0.5, 0.6) is 0 Å². The predicted molar refractivity (Wildman–Crippen MR) is 106 cm³/mol. The molecule has 1 aromatic rings. The van der Waals surface area contributed by atoms with Crippen LogP contribution in [0.2, 0.25) is 0 Å². The van der Waals surface area contributed by atoms with Gasteiger partial charge in [0.25, 0.3) is 6.47 Å². The van der Waals surface area contributed by atoms with Crippen LogP contribution in [-0.4, -0.2) is 80.6 Å². The van der Waals surface area contributed by atoms with Gasteiger partial charge in [-0.1, -0.05) is 0 Å². The lowest BCUT2D eigenvalue weighted by Crippen LogP contribution is -2.67. The second kappa shape index (κ2) is 9.73. The number of nitrogens with one attached hydrogen (secondary N) is 1. The van der Waals surface area contributed by atoms with Gasteiger partial charge >= 0.3 is 0 Å². The van der Waals surface area contributed by atoms with E-state index in [1.165, 1.54) is 6.92 Å². The number of carbonyl (C=O) groups excluding carboxylic acids is 3. The van der Waals surface area contributed by atoms with Crippen molar-refractivity contribution in [1.29, 1.82) is 0 Å². The molecule has 2 bridgehead atoms. The fourth-order valence-corrected chi connectivity index (χ4v) is 5.12. The Morgan fingerprint density at radius 2 is 2.07 bits per heavy atom. The number of fused-ring (bicyclic) bond motifs is 4. The van der Waals surface area contributed by atoms with Gasteiger partial charge in [0.1, 0.15) is 6.54 Å². The quantitative estimate of drug-likeness (QED) is 0.659. The van der Waals surface area contributed by atoms with E-state index in [9.17, 15) is 14.4 Å². The third kappa shape index (κ3) is 4.80. The first kappa shape index (κ1) is 21.8. The summed E-state index contributed by atoms with van der Waals surface area (Å²) in [7, 11) is 0. The number of rotatable bonds is 4. The van der Waals surface area contributed by atoms with Gasteiger partial charge in [0.15, 0.2) is 0 Å². The van der Waals surface area contributed by atoms with Crippen LogP contribution in [0, 0.1) is 11.8 Å². The zero-order chi connectivity index (χ0) is 21.7. The number of aromatic nitrogens is 2. The van der Waals surface area contributed by atoms with E-state index in [0.29, 0.717) is 32.0 Å². The lowest BCUT2D eigenvalue weighted by molar-refractivity contribution is -0.156. The Morgan fingerprint density at radius 1 is 1.33 bits per heavy atom. The summed E-state index contributed by atoms with van der Waals surface area (Å²) in [6.45, 7) is 3.31. The van der Waals surface area contributed by atoms with Gasteiger partial charge in [0.05, 0.1) is 6.04 Å². The second-order valence-corrected chi connectivity index (χ2v) is 8.13. The summed E-state index contributed by atoms with van der Waals surface area (Å²) in [5.41, 5.74) is 0. The van der Waals surface area contributed by atoms with Gasteiger partial charge in [-0.2, -0.15) is 5.10 Å². The molecular weight excluding hydrogens is 390 g/mol. The van der Waals surface area contributed by atoms with Crippen LogP contribution < -0.4 is 5.32 Å². The fraction of sp³-hybridized carbons (Fsp3) is 0.650. The molecule has 0 radical (unpaired) electrons. The molecule has 10 nitrogen and oxygen atoms in total. The molecule has 3 amide bonds. The Bertz CT molecular complexity index is 768. The van der Waals surface area contributed by atoms with Crippen molar-refractivity contribution >= 4 is 24.2 Å². The lowest BCUT2D eigenvalue weighted by atomic mass is 9.72. The van der Waals surface area contributed by atoms with Gasteiger partial charge in [-0.05, 0) is 37.2 Å². The number of carboxylic acid groups (broad SMARTS) is 1. The van der Waals surface area contributed by atoms with Crippen molar-refractivity contribution in [2.75, 3.05) is 19.6 Å². The third-order valence-electron chi connectivity index (χ3n) is 6.27. The Morgan fingerprint density at radius 3 is 2.73 bits per heavy atom. The second-order valence-electron chi connectivity index (χ2n) is 8.13. The first-order valence-electron chi connectivity index (χ1n) is 10.3. The van der Waals surface area contributed by atoms with Crippen LogP contribution >= 0.6 is 0 Å². The maximum atomic E-state index is 12.8. The van der Waals surface area contributed by atoms with Crippen LogP contribution in [0.4, 0.5) is 0 Å². The smallest absolute Gasteiger partial charge is 0.290 e. The Kier molecular flexibility index (Phi) is 7.07. The summed E-state index contributed by atoms with van der Waals surface area (Å²) < 4.78 is 1.65. The number of hydrogen-bond acceptors (Lipinski definition) is 5. The van der Waals surface area contributed by atoms with E-state index in [0.717, 1.165) is 19.3 Å². The average molecular weight is 419 g/mol. The Hall–Kier alpha value is -2.91. The van der Waals surface area contributed by atoms with Crippen LogP contribution in [0.3, 0.4) is 0 Å². The molecule has 3 aliphatic rings.